The van der Waals surface area contributed by atoms with Crippen LogP contribution in [0.5, 0.6) is 0 Å². The Morgan fingerprint density at radius 2 is 0.404 bits per heavy atom. The number of esters is 4. The molecule has 0 fully saturated rings. The van der Waals surface area contributed by atoms with Crippen molar-refractivity contribution in [2.75, 3.05) is 39.6 Å². The zero-order valence-corrected chi connectivity index (χ0v) is 70.5. The van der Waals surface area contributed by atoms with Crippen molar-refractivity contribution in [3.05, 3.63) is 0 Å². The third-order valence-electron chi connectivity index (χ3n) is 19.8. The highest BCUT2D eigenvalue weighted by molar-refractivity contribution is 7.47. The van der Waals surface area contributed by atoms with Crippen LogP contribution in [0.4, 0.5) is 0 Å². The lowest BCUT2D eigenvalue weighted by atomic mass is 10.0. The largest absolute Gasteiger partial charge is 0.472 e. The number of ether oxygens (including phenoxy) is 4. The number of carbonyl (C=O) groups excluding carboxylic acids is 4. The van der Waals surface area contributed by atoms with Crippen molar-refractivity contribution in [2.45, 2.75) is 459 Å². The van der Waals surface area contributed by atoms with Gasteiger partial charge in [0.05, 0.1) is 26.4 Å². The summed E-state index contributed by atoms with van der Waals surface area (Å²) in [6.45, 7) is 14.3. The zero-order valence-electron chi connectivity index (χ0n) is 68.7. The van der Waals surface area contributed by atoms with Gasteiger partial charge >= 0.3 is 39.5 Å². The highest BCUT2D eigenvalue weighted by Gasteiger charge is 2.30. The summed E-state index contributed by atoms with van der Waals surface area (Å²) in [5.74, 6) is 0.992. The fourth-order valence-corrected chi connectivity index (χ4v) is 14.7. The van der Waals surface area contributed by atoms with Crippen LogP contribution < -0.4 is 0 Å². The maximum absolute atomic E-state index is 13.1. The van der Waals surface area contributed by atoms with Crippen LogP contribution in [0, 0.1) is 23.7 Å². The van der Waals surface area contributed by atoms with Gasteiger partial charge < -0.3 is 33.8 Å². The number of phosphoric acid groups is 2. The summed E-state index contributed by atoms with van der Waals surface area (Å²) in [4.78, 5) is 73.1. The van der Waals surface area contributed by atoms with E-state index in [1.165, 1.54) is 238 Å². The summed E-state index contributed by atoms with van der Waals surface area (Å²) in [6.07, 6.45) is 62.6. The second-order valence-corrected chi connectivity index (χ2v) is 35.4. The van der Waals surface area contributed by atoms with Gasteiger partial charge in [0.25, 0.3) is 0 Å². The average molecular weight is 1520 g/mol. The number of aliphatic hydroxyl groups excluding tert-OH is 1. The molecule has 0 heterocycles. The molecule has 0 aromatic carbocycles. The van der Waals surface area contributed by atoms with E-state index in [-0.39, 0.29) is 25.7 Å². The third-order valence-corrected chi connectivity index (χ3v) is 21.7. The standard InChI is InChI=1S/C85H166O17P2/c1-75(2)61-53-45-37-30-24-19-15-11-9-10-12-17-21-27-33-41-49-57-65-82(87)95-71-80(101-84(89)67-59-51-42-34-28-22-18-14-13-16-20-25-31-38-46-54-62-76(3)4)73-99-103(91,92)97-69-79(86)70-98-104(93,94)100-74-81(72-96-83(88)66-58-50-44-36-40-48-56-64-78(7)8)102-85(90)68-60-52-43-35-29-23-26-32-39-47-55-63-77(5)6/h75-81,86H,9-74H2,1-8H3,(H,91,92)(H,93,94)/t79?,80-,81-/m1/s1. The van der Waals surface area contributed by atoms with Gasteiger partial charge in [-0.15, -0.1) is 0 Å². The highest BCUT2D eigenvalue weighted by atomic mass is 31.2. The Labute approximate surface area is 638 Å². The lowest BCUT2D eigenvalue weighted by Crippen LogP contribution is -2.30. The molecule has 0 aliphatic carbocycles. The first-order chi connectivity index (χ1) is 50.1. The first-order valence-electron chi connectivity index (χ1n) is 43.7. The van der Waals surface area contributed by atoms with Crippen molar-refractivity contribution in [1.29, 1.82) is 0 Å². The van der Waals surface area contributed by atoms with E-state index in [1.807, 2.05) is 0 Å². The van der Waals surface area contributed by atoms with Crippen molar-refractivity contribution in [1.82, 2.24) is 0 Å². The first kappa shape index (κ1) is 102. The van der Waals surface area contributed by atoms with Gasteiger partial charge in [0.2, 0.25) is 0 Å². The van der Waals surface area contributed by atoms with Crippen molar-refractivity contribution in [3.8, 4) is 0 Å². The monoisotopic (exact) mass is 1520 g/mol. The van der Waals surface area contributed by atoms with Crippen LogP contribution in [-0.4, -0.2) is 96.7 Å². The Kier molecular flexibility index (Phi) is 72.5. The lowest BCUT2D eigenvalue weighted by molar-refractivity contribution is -0.161. The third kappa shape index (κ3) is 78.2. The van der Waals surface area contributed by atoms with Crippen LogP contribution in [0.15, 0.2) is 0 Å². The van der Waals surface area contributed by atoms with E-state index in [0.29, 0.717) is 31.6 Å². The van der Waals surface area contributed by atoms with Gasteiger partial charge in [-0.2, -0.15) is 0 Å². The van der Waals surface area contributed by atoms with Gasteiger partial charge in [0.1, 0.15) is 19.3 Å². The smallest absolute Gasteiger partial charge is 0.462 e. The summed E-state index contributed by atoms with van der Waals surface area (Å²) >= 11 is 0. The Balaban J connectivity index is 5.22. The topological polar surface area (TPSA) is 237 Å². The molecule has 0 aliphatic heterocycles. The molecule has 3 N–H and O–H groups in total. The minimum Gasteiger partial charge on any atom is -0.462 e. The molecule has 0 amide bonds. The molecule has 3 unspecified atom stereocenters. The summed E-state index contributed by atoms with van der Waals surface area (Å²) in [7, 11) is -9.93. The fourth-order valence-electron chi connectivity index (χ4n) is 13.1. The summed E-state index contributed by atoms with van der Waals surface area (Å²) in [5.41, 5.74) is 0. The van der Waals surface area contributed by atoms with Crippen LogP contribution in [0.25, 0.3) is 0 Å². The quantitative estimate of drug-likeness (QED) is 0.0222. The molecule has 0 spiro atoms. The predicted molar refractivity (Wildman–Crippen MR) is 428 cm³/mol. The van der Waals surface area contributed by atoms with Gasteiger partial charge in [-0.1, -0.05) is 389 Å². The van der Waals surface area contributed by atoms with Crippen LogP contribution in [-0.2, 0) is 65.4 Å². The molecule has 5 atom stereocenters. The van der Waals surface area contributed by atoms with Gasteiger partial charge in [-0.3, -0.25) is 37.3 Å². The van der Waals surface area contributed by atoms with E-state index in [1.54, 1.807) is 0 Å². The fraction of sp³-hybridized carbons (Fsp3) is 0.953. The Bertz CT molecular complexity index is 2020. The average Bonchev–Trinajstić information content (AvgIpc) is 0.900. The van der Waals surface area contributed by atoms with Crippen molar-refractivity contribution < 1.29 is 80.2 Å². The van der Waals surface area contributed by atoms with E-state index in [0.717, 1.165) is 114 Å². The predicted octanol–water partition coefficient (Wildman–Crippen LogP) is 25.6. The summed E-state index contributed by atoms with van der Waals surface area (Å²) in [5, 5.41) is 10.7. The Morgan fingerprint density at radius 1 is 0.240 bits per heavy atom. The molecule has 17 nitrogen and oxygen atoms in total. The molecule has 0 radical (unpaired) electrons. The van der Waals surface area contributed by atoms with Gasteiger partial charge in [-0.05, 0) is 49.4 Å². The number of phosphoric ester groups is 2. The van der Waals surface area contributed by atoms with E-state index >= 15 is 0 Å². The summed E-state index contributed by atoms with van der Waals surface area (Å²) in [6, 6.07) is 0. The van der Waals surface area contributed by atoms with E-state index in [9.17, 15) is 43.2 Å². The molecule has 104 heavy (non-hydrogen) atoms. The van der Waals surface area contributed by atoms with Crippen LogP contribution in [0.1, 0.15) is 441 Å². The van der Waals surface area contributed by atoms with Gasteiger partial charge in [-0.25, -0.2) is 9.13 Å². The normalized spacial score (nSPS) is 14.0. The second kappa shape index (κ2) is 73.8. The molecule has 0 aromatic heterocycles. The number of unbranched alkanes of at least 4 members (excludes halogenated alkanes) is 48. The van der Waals surface area contributed by atoms with Crippen LogP contribution in [0.3, 0.4) is 0 Å². The maximum atomic E-state index is 13.1. The SMILES string of the molecule is CC(C)CCCCCCCCCCCCCCCCCCCCC(=O)OC[C@H](COP(=O)(O)OCC(O)COP(=O)(O)OC[C@@H](COC(=O)CCCCCCCCCC(C)C)OC(=O)CCCCCCCCCCCCCC(C)C)OC(=O)CCCCCCCCCCCCCCCCCCC(C)C. The lowest BCUT2D eigenvalue weighted by Gasteiger charge is -2.21. The van der Waals surface area contributed by atoms with Gasteiger partial charge in [0.15, 0.2) is 12.2 Å². The first-order valence-corrected chi connectivity index (χ1v) is 46.7. The Morgan fingerprint density at radius 3 is 0.596 bits per heavy atom. The molecule has 0 saturated carbocycles. The molecule has 0 bridgehead atoms. The molecule has 0 saturated heterocycles. The number of hydrogen-bond acceptors (Lipinski definition) is 15. The van der Waals surface area contributed by atoms with E-state index in [4.69, 9.17) is 37.0 Å². The molecule has 19 heteroatoms. The minimum atomic E-state index is -4.97. The second-order valence-electron chi connectivity index (χ2n) is 32.5. The number of aliphatic hydroxyl groups is 1. The number of rotatable bonds is 82. The number of hydrogen-bond donors (Lipinski definition) is 3. The van der Waals surface area contributed by atoms with Gasteiger partial charge in [0, 0.05) is 25.7 Å². The molecule has 0 aromatic rings. The van der Waals surface area contributed by atoms with Crippen molar-refractivity contribution in [2.24, 2.45) is 23.7 Å². The maximum Gasteiger partial charge on any atom is 0.472 e. The van der Waals surface area contributed by atoms with Crippen LogP contribution in [0.2, 0.25) is 0 Å². The van der Waals surface area contributed by atoms with E-state index in [2.05, 4.69) is 55.4 Å². The molecule has 0 rings (SSSR count). The molecular formula is C85H166O17P2. The molecule has 618 valence electrons. The van der Waals surface area contributed by atoms with Crippen LogP contribution >= 0.6 is 15.6 Å². The minimum absolute atomic E-state index is 0.106. The number of carbonyl (C=O) groups is 4. The zero-order chi connectivity index (χ0) is 76.7. The van der Waals surface area contributed by atoms with Crippen molar-refractivity contribution in [3.63, 3.8) is 0 Å². The Hall–Kier alpha value is -1.94. The highest BCUT2D eigenvalue weighted by Crippen LogP contribution is 2.45. The summed E-state index contributed by atoms with van der Waals surface area (Å²) < 4.78 is 68.8. The molecular weight excluding hydrogens is 1350 g/mol. The van der Waals surface area contributed by atoms with Crippen molar-refractivity contribution >= 4 is 39.5 Å². The molecule has 0 aliphatic rings. The van der Waals surface area contributed by atoms with E-state index < -0.39 is 97.5 Å².